The molecule has 0 atom stereocenters. The number of aromatic nitrogens is 3. The molecule has 0 spiro atoms. The predicted molar refractivity (Wildman–Crippen MR) is 122 cm³/mol. The number of nitrogens with zero attached hydrogens (tertiary/aromatic N) is 4. The number of imidazole rings is 1. The number of aryl methyl sites for hydroxylation is 1. The molecule has 1 aromatic carbocycles. The van der Waals surface area contributed by atoms with Gasteiger partial charge >= 0.3 is 0 Å². The molecule has 2 N–H and O–H groups in total. The van der Waals surface area contributed by atoms with Crippen LogP contribution in [-0.2, 0) is 13.0 Å². The minimum atomic E-state index is 0. The summed E-state index contributed by atoms with van der Waals surface area (Å²) in [6.45, 7) is 2.55. The minimum absolute atomic E-state index is 0. The first-order valence-corrected chi connectivity index (χ1v) is 9.09. The number of halogens is 2. The van der Waals surface area contributed by atoms with E-state index in [-0.39, 0.29) is 24.0 Å². The molecule has 0 aliphatic carbocycles. The van der Waals surface area contributed by atoms with Crippen molar-refractivity contribution in [3.8, 4) is 0 Å². The van der Waals surface area contributed by atoms with Crippen molar-refractivity contribution in [2.45, 2.75) is 19.4 Å². The van der Waals surface area contributed by atoms with Crippen molar-refractivity contribution in [1.29, 1.82) is 0 Å². The van der Waals surface area contributed by atoms with Gasteiger partial charge in [-0.1, -0.05) is 29.8 Å². The Kier molecular flexibility index (Phi) is 8.80. The van der Waals surface area contributed by atoms with Crippen molar-refractivity contribution in [3.05, 3.63) is 59.6 Å². The zero-order valence-corrected chi connectivity index (χ0v) is 18.3. The SMILES string of the molecule is CN=C(NCCCn1cnc2ccccc21)NCCc1ccc(Cl)nc1.I. The van der Waals surface area contributed by atoms with Crippen molar-refractivity contribution in [1.82, 2.24) is 25.2 Å². The Bertz CT molecular complexity index is 862. The maximum Gasteiger partial charge on any atom is 0.190 e. The van der Waals surface area contributed by atoms with Gasteiger partial charge in [0.1, 0.15) is 5.15 Å². The zero-order chi connectivity index (χ0) is 18.2. The summed E-state index contributed by atoms with van der Waals surface area (Å²) in [6, 6.07) is 12.0. The fourth-order valence-corrected chi connectivity index (χ4v) is 2.86. The smallest absolute Gasteiger partial charge is 0.190 e. The van der Waals surface area contributed by atoms with Gasteiger partial charge in [-0.25, -0.2) is 9.97 Å². The highest BCUT2D eigenvalue weighted by molar-refractivity contribution is 14.0. The third kappa shape index (κ3) is 6.35. The van der Waals surface area contributed by atoms with Crippen LogP contribution in [0.1, 0.15) is 12.0 Å². The van der Waals surface area contributed by atoms with E-state index in [2.05, 4.69) is 36.2 Å². The molecular formula is C19H24ClIN6. The van der Waals surface area contributed by atoms with Gasteiger partial charge in [-0.3, -0.25) is 4.99 Å². The monoisotopic (exact) mass is 498 g/mol. The number of guanidine groups is 1. The summed E-state index contributed by atoms with van der Waals surface area (Å²) in [6.07, 6.45) is 5.56. The van der Waals surface area contributed by atoms with E-state index in [4.69, 9.17) is 11.6 Å². The molecule has 144 valence electrons. The van der Waals surface area contributed by atoms with Crippen molar-refractivity contribution in [2.24, 2.45) is 4.99 Å². The number of rotatable bonds is 7. The van der Waals surface area contributed by atoms with Crippen LogP contribution < -0.4 is 10.6 Å². The molecule has 0 fully saturated rings. The van der Waals surface area contributed by atoms with Crippen molar-refractivity contribution in [3.63, 3.8) is 0 Å². The Balaban J connectivity index is 0.00000261. The second kappa shape index (κ2) is 11.1. The van der Waals surface area contributed by atoms with Crippen LogP contribution in [0.15, 0.2) is 53.9 Å². The molecule has 0 radical (unpaired) electrons. The van der Waals surface area contributed by atoms with Gasteiger partial charge in [0.15, 0.2) is 5.96 Å². The van der Waals surface area contributed by atoms with Gasteiger partial charge in [-0.05, 0) is 36.6 Å². The normalized spacial score (nSPS) is 11.3. The van der Waals surface area contributed by atoms with E-state index < -0.39 is 0 Å². The van der Waals surface area contributed by atoms with E-state index in [0.717, 1.165) is 49.5 Å². The summed E-state index contributed by atoms with van der Waals surface area (Å²) >= 11 is 5.80. The molecule has 0 unspecified atom stereocenters. The van der Waals surface area contributed by atoms with Gasteiger partial charge in [0.2, 0.25) is 0 Å². The summed E-state index contributed by atoms with van der Waals surface area (Å²) in [5.41, 5.74) is 3.35. The number of nitrogens with one attached hydrogen (secondary N) is 2. The molecule has 0 saturated carbocycles. The first-order valence-electron chi connectivity index (χ1n) is 8.71. The largest absolute Gasteiger partial charge is 0.356 e. The molecule has 0 amide bonds. The second-order valence-corrected chi connectivity index (χ2v) is 6.33. The Morgan fingerprint density at radius 1 is 1.11 bits per heavy atom. The summed E-state index contributed by atoms with van der Waals surface area (Å²) < 4.78 is 2.18. The van der Waals surface area contributed by atoms with Crippen LogP contribution in [0, 0.1) is 0 Å². The van der Waals surface area contributed by atoms with Gasteiger partial charge in [-0.2, -0.15) is 0 Å². The molecule has 2 aromatic heterocycles. The number of pyridine rings is 1. The van der Waals surface area contributed by atoms with E-state index >= 15 is 0 Å². The van der Waals surface area contributed by atoms with Gasteiger partial charge in [0.05, 0.1) is 17.4 Å². The molecular weight excluding hydrogens is 475 g/mol. The number of fused-ring (bicyclic) bond motifs is 1. The Labute approximate surface area is 181 Å². The molecule has 6 nitrogen and oxygen atoms in total. The molecule has 2 heterocycles. The maximum atomic E-state index is 5.80. The lowest BCUT2D eigenvalue weighted by atomic mass is 10.2. The lowest BCUT2D eigenvalue weighted by Gasteiger charge is -2.12. The summed E-state index contributed by atoms with van der Waals surface area (Å²) in [7, 11) is 1.78. The quantitative estimate of drug-likeness (QED) is 0.172. The van der Waals surface area contributed by atoms with Crippen LogP contribution >= 0.6 is 35.6 Å². The van der Waals surface area contributed by atoms with Gasteiger partial charge in [0.25, 0.3) is 0 Å². The predicted octanol–water partition coefficient (Wildman–Crippen LogP) is 3.50. The highest BCUT2D eigenvalue weighted by Gasteiger charge is 2.02. The average molecular weight is 499 g/mol. The third-order valence-electron chi connectivity index (χ3n) is 4.11. The van der Waals surface area contributed by atoms with Gasteiger partial charge in [-0.15, -0.1) is 24.0 Å². The zero-order valence-electron chi connectivity index (χ0n) is 15.2. The number of aliphatic imine (C=N–C) groups is 1. The fraction of sp³-hybridized carbons (Fsp3) is 0.316. The molecule has 27 heavy (non-hydrogen) atoms. The maximum absolute atomic E-state index is 5.80. The molecule has 0 aliphatic heterocycles. The first-order chi connectivity index (χ1) is 12.8. The van der Waals surface area contributed by atoms with Crippen molar-refractivity contribution in [2.75, 3.05) is 20.1 Å². The number of benzene rings is 1. The fourth-order valence-electron chi connectivity index (χ4n) is 2.74. The lowest BCUT2D eigenvalue weighted by molar-refractivity contribution is 0.637. The summed E-state index contributed by atoms with van der Waals surface area (Å²) in [5.74, 6) is 0.808. The first kappa shape index (κ1) is 21.4. The van der Waals surface area contributed by atoms with E-state index in [9.17, 15) is 0 Å². The summed E-state index contributed by atoms with van der Waals surface area (Å²) in [5, 5.41) is 7.18. The minimum Gasteiger partial charge on any atom is -0.356 e. The Morgan fingerprint density at radius 3 is 2.70 bits per heavy atom. The van der Waals surface area contributed by atoms with Crippen LogP contribution in [0.4, 0.5) is 0 Å². The molecule has 8 heteroatoms. The van der Waals surface area contributed by atoms with E-state index in [1.54, 1.807) is 13.2 Å². The van der Waals surface area contributed by atoms with Crippen LogP contribution in [0.3, 0.4) is 0 Å². The third-order valence-corrected chi connectivity index (χ3v) is 4.34. The van der Waals surface area contributed by atoms with E-state index in [0.29, 0.717) is 5.15 Å². The molecule has 0 bridgehead atoms. The topological polar surface area (TPSA) is 67.1 Å². The van der Waals surface area contributed by atoms with E-state index in [1.807, 2.05) is 36.7 Å². The average Bonchev–Trinajstić information content (AvgIpc) is 3.08. The van der Waals surface area contributed by atoms with Gasteiger partial charge in [0, 0.05) is 32.9 Å². The lowest BCUT2D eigenvalue weighted by Crippen LogP contribution is -2.39. The van der Waals surface area contributed by atoms with Crippen LogP contribution in [0.2, 0.25) is 5.15 Å². The molecule has 0 saturated heterocycles. The van der Waals surface area contributed by atoms with Crippen LogP contribution in [0.5, 0.6) is 0 Å². The standard InChI is InChI=1S/C19H23ClN6.HI/c1-21-19(23-11-9-15-7-8-18(20)24-13-15)22-10-4-12-26-14-25-16-5-2-3-6-17(16)26;/h2-3,5-8,13-14H,4,9-12H2,1H3,(H2,21,22,23);1H. The van der Waals surface area contributed by atoms with Crippen molar-refractivity contribution >= 4 is 52.6 Å². The molecule has 0 aliphatic rings. The molecule has 3 aromatic rings. The van der Waals surface area contributed by atoms with Crippen LogP contribution in [-0.4, -0.2) is 40.6 Å². The Hall–Kier alpha value is -1.87. The second-order valence-electron chi connectivity index (χ2n) is 5.95. The highest BCUT2D eigenvalue weighted by Crippen LogP contribution is 2.11. The van der Waals surface area contributed by atoms with Crippen molar-refractivity contribution < 1.29 is 0 Å². The molecule has 3 rings (SSSR count). The summed E-state index contributed by atoms with van der Waals surface area (Å²) in [4.78, 5) is 12.8. The number of para-hydroxylation sites is 2. The van der Waals surface area contributed by atoms with Gasteiger partial charge < -0.3 is 15.2 Å². The highest BCUT2D eigenvalue weighted by atomic mass is 127. The van der Waals surface area contributed by atoms with Crippen LogP contribution in [0.25, 0.3) is 11.0 Å². The Morgan fingerprint density at radius 2 is 1.93 bits per heavy atom. The number of hydrogen-bond donors (Lipinski definition) is 2. The number of hydrogen-bond acceptors (Lipinski definition) is 3. The van der Waals surface area contributed by atoms with E-state index in [1.165, 1.54) is 5.52 Å².